The number of unbranched alkanes of at least 4 members (excludes halogenated alkanes) is 6. The van der Waals surface area contributed by atoms with Gasteiger partial charge in [0, 0.05) is 13.2 Å². The minimum atomic E-state index is 0.966. The van der Waals surface area contributed by atoms with E-state index in [9.17, 15) is 0 Å². The van der Waals surface area contributed by atoms with Crippen LogP contribution < -0.4 is 5.32 Å². The van der Waals surface area contributed by atoms with Crippen LogP contribution in [0.3, 0.4) is 0 Å². The van der Waals surface area contributed by atoms with Gasteiger partial charge < -0.3 is 10.1 Å². The smallest absolute Gasteiger partial charge is 0.0466 e. The molecule has 0 amide bonds. The van der Waals surface area contributed by atoms with Crippen molar-refractivity contribution in [2.24, 2.45) is 0 Å². The van der Waals surface area contributed by atoms with E-state index in [2.05, 4.69) is 19.2 Å². The van der Waals surface area contributed by atoms with Gasteiger partial charge >= 0.3 is 0 Å². The van der Waals surface area contributed by atoms with Crippen molar-refractivity contribution in [3.8, 4) is 0 Å². The first-order valence-corrected chi connectivity index (χ1v) is 7.20. The molecule has 0 saturated carbocycles. The van der Waals surface area contributed by atoms with E-state index in [4.69, 9.17) is 4.74 Å². The van der Waals surface area contributed by atoms with Crippen LogP contribution in [-0.2, 0) is 4.74 Å². The molecule has 0 saturated heterocycles. The lowest BCUT2D eigenvalue weighted by molar-refractivity contribution is 0.126. The third-order valence-electron chi connectivity index (χ3n) is 2.78. The van der Waals surface area contributed by atoms with Crippen LogP contribution in [0, 0.1) is 0 Å². The summed E-state index contributed by atoms with van der Waals surface area (Å²) in [4.78, 5) is 0. The Kier molecular flexibility index (Phi) is 14.8. The Hall–Kier alpha value is -0.0800. The summed E-state index contributed by atoms with van der Waals surface area (Å²) < 4.78 is 5.59. The Bertz CT molecular complexity index is 103. The fourth-order valence-corrected chi connectivity index (χ4v) is 1.72. The van der Waals surface area contributed by atoms with Gasteiger partial charge in [-0.2, -0.15) is 0 Å². The van der Waals surface area contributed by atoms with Gasteiger partial charge in [-0.15, -0.1) is 0 Å². The number of nitrogens with one attached hydrogen (secondary N) is 1. The largest absolute Gasteiger partial charge is 0.381 e. The van der Waals surface area contributed by atoms with E-state index in [1.807, 2.05) is 0 Å². The Labute approximate surface area is 102 Å². The van der Waals surface area contributed by atoms with Crippen molar-refractivity contribution in [2.75, 3.05) is 26.3 Å². The predicted octanol–water partition coefficient (Wildman–Crippen LogP) is 3.75. The fraction of sp³-hybridized carbons (Fsp3) is 1.00. The Balaban J connectivity index is 2.83. The second kappa shape index (κ2) is 14.9. The average molecular weight is 229 g/mol. The van der Waals surface area contributed by atoms with Gasteiger partial charge in [0.05, 0.1) is 0 Å². The van der Waals surface area contributed by atoms with Crippen molar-refractivity contribution >= 4 is 0 Å². The molecule has 0 aromatic heterocycles. The quantitative estimate of drug-likeness (QED) is 0.486. The summed E-state index contributed by atoms with van der Waals surface area (Å²) in [6.45, 7) is 8.61. The summed E-state index contributed by atoms with van der Waals surface area (Å²) in [5.74, 6) is 0. The number of ether oxygens (including phenoxy) is 1. The molecule has 0 aromatic rings. The molecule has 0 spiro atoms. The first-order valence-electron chi connectivity index (χ1n) is 7.20. The molecule has 16 heavy (non-hydrogen) atoms. The monoisotopic (exact) mass is 229 g/mol. The standard InChI is InChI=1S/C14H31NO/c1-3-5-6-10-13-16-14-11-8-7-9-12-15-4-2/h15H,3-14H2,1-2H3. The molecule has 0 atom stereocenters. The van der Waals surface area contributed by atoms with E-state index in [-0.39, 0.29) is 0 Å². The summed E-state index contributed by atoms with van der Waals surface area (Å²) in [6, 6.07) is 0. The minimum Gasteiger partial charge on any atom is -0.381 e. The first-order chi connectivity index (χ1) is 7.91. The van der Waals surface area contributed by atoms with Gasteiger partial charge in [0.25, 0.3) is 0 Å². The van der Waals surface area contributed by atoms with E-state index in [0.29, 0.717) is 0 Å². The molecule has 0 radical (unpaired) electrons. The fourth-order valence-electron chi connectivity index (χ4n) is 1.72. The van der Waals surface area contributed by atoms with E-state index >= 15 is 0 Å². The summed E-state index contributed by atoms with van der Waals surface area (Å²) in [6.07, 6.45) is 10.4. The maximum Gasteiger partial charge on any atom is 0.0466 e. The van der Waals surface area contributed by atoms with Crippen LogP contribution in [0.2, 0.25) is 0 Å². The van der Waals surface area contributed by atoms with E-state index < -0.39 is 0 Å². The first kappa shape index (κ1) is 15.9. The molecule has 0 rings (SSSR count). The predicted molar refractivity (Wildman–Crippen MR) is 72.0 cm³/mol. The topological polar surface area (TPSA) is 21.3 Å². The second-order valence-electron chi connectivity index (χ2n) is 4.44. The molecule has 2 nitrogen and oxygen atoms in total. The van der Waals surface area contributed by atoms with Crippen molar-refractivity contribution in [1.29, 1.82) is 0 Å². The zero-order chi connectivity index (χ0) is 11.9. The van der Waals surface area contributed by atoms with Crippen LogP contribution in [0.25, 0.3) is 0 Å². The number of rotatable bonds is 13. The van der Waals surface area contributed by atoms with E-state index in [1.165, 1.54) is 57.9 Å². The van der Waals surface area contributed by atoms with Gasteiger partial charge in [0.15, 0.2) is 0 Å². The number of hydrogen-bond acceptors (Lipinski definition) is 2. The van der Waals surface area contributed by atoms with E-state index in [0.717, 1.165) is 19.8 Å². The third-order valence-corrected chi connectivity index (χ3v) is 2.78. The van der Waals surface area contributed by atoms with Crippen LogP contribution in [0.5, 0.6) is 0 Å². The highest BCUT2D eigenvalue weighted by molar-refractivity contribution is 4.47. The molecule has 98 valence electrons. The van der Waals surface area contributed by atoms with Crippen molar-refractivity contribution < 1.29 is 4.74 Å². The normalized spacial score (nSPS) is 10.9. The molecular formula is C14H31NO. The summed E-state index contributed by atoms with van der Waals surface area (Å²) >= 11 is 0. The molecule has 0 bridgehead atoms. The zero-order valence-electron chi connectivity index (χ0n) is 11.4. The zero-order valence-corrected chi connectivity index (χ0v) is 11.4. The lowest BCUT2D eigenvalue weighted by Crippen LogP contribution is -2.13. The highest BCUT2D eigenvalue weighted by atomic mass is 16.5. The van der Waals surface area contributed by atoms with Crippen molar-refractivity contribution in [1.82, 2.24) is 5.32 Å². The number of hydrogen-bond donors (Lipinski definition) is 1. The van der Waals surface area contributed by atoms with Gasteiger partial charge in [-0.05, 0) is 32.4 Å². The lowest BCUT2D eigenvalue weighted by Gasteiger charge is -2.04. The second-order valence-corrected chi connectivity index (χ2v) is 4.44. The van der Waals surface area contributed by atoms with Crippen LogP contribution in [0.4, 0.5) is 0 Å². The highest BCUT2D eigenvalue weighted by Gasteiger charge is 1.92. The van der Waals surface area contributed by atoms with Crippen LogP contribution in [0.15, 0.2) is 0 Å². The molecule has 0 unspecified atom stereocenters. The van der Waals surface area contributed by atoms with Crippen LogP contribution in [0.1, 0.15) is 65.2 Å². The van der Waals surface area contributed by atoms with E-state index in [1.54, 1.807) is 0 Å². The third kappa shape index (κ3) is 13.9. The Morgan fingerprint density at radius 1 is 0.750 bits per heavy atom. The van der Waals surface area contributed by atoms with Crippen LogP contribution >= 0.6 is 0 Å². The lowest BCUT2D eigenvalue weighted by atomic mass is 10.2. The molecule has 0 heterocycles. The Morgan fingerprint density at radius 2 is 1.38 bits per heavy atom. The molecular weight excluding hydrogens is 198 g/mol. The summed E-state index contributed by atoms with van der Waals surface area (Å²) in [5.41, 5.74) is 0. The summed E-state index contributed by atoms with van der Waals surface area (Å²) in [7, 11) is 0. The molecule has 0 aliphatic heterocycles. The van der Waals surface area contributed by atoms with Gasteiger partial charge in [0.1, 0.15) is 0 Å². The average Bonchev–Trinajstić information content (AvgIpc) is 2.31. The molecule has 2 heteroatoms. The molecule has 0 aliphatic carbocycles. The molecule has 0 aliphatic rings. The summed E-state index contributed by atoms with van der Waals surface area (Å²) in [5, 5.41) is 3.35. The van der Waals surface area contributed by atoms with Crippen molar-refractivity contribution in [3.63, 3.8) is 0 Å². The Morgan fingerprint density at radius 3 is 2.00 bits per heavy atom. The highest BCUT2D eigenvalue weighted by Crippen LogP contribution is 2.02. The molecule has 0 fully saturated rings. The molecule has 1 N–H and O–H groups in total. The SMILES string of the molecule is CCCCCCOCCCCCCNCC. The van der Waals surface area contributed by atoms with Crippen molar-refractivity contribution in [3.05, 3.63) is 0 Å². The maximum absolute atomic E-state index is 5.59. The minimum absolute atomic E-state index is 0.966. The van der Waals surface area contributed by atoms with Gasteiger partial charge in [-0.3, -0.25) is 0 Å². The van der Waals surface area contributed by atoms with Gasteiger partial charge in [0.2, 0.25) is 0 Å². The van der Waals surface area contributed by atoms with Gasteiger partial charge in [-0.1, -0.05) is 46.0 Å². The van der Waals surface area contributed by atoms with Crippen molar-refractivity contribution in [2.45, 2.75) is 65.2 Å². The molecule has 0 aromatic carbocycles. The van der Waals surface area contributed by atoms with Gasteiger partial charge in [-0.25, -0.2) is 0 Å². The van der Waals surface area contributed by atoms with Crippen LogP contribution in [-0.4, -0.2) is 26.3 Å². The maximum atomic E-state index is 5.59.